The average molecular weight is 509 g/mol. The van der Waals surface area contributed by atoms with Gasteiger partial charge in [-0.15, -0.1) is 0 Å². The van der Waals surface area contributed by atoms with Gasteiger partial charge in [-0.25, -0.2) is 4.39 Å². The Morgan fingerprint density at radius 1 is 1.05 bits per heavy atom. The second-order valence-electron chi connectivity index (χ2n) is 11.9. The van der Waals surface area contributed by atoms with Crippen LogP contribution in [0.2, 0.25) is 0 Å². The molecule has 1 saturated heterocycles. The highest BCUT2D eigenvalue weighted by Crippen LogP contribution is 2.43. The quantitative estimate of drug-likeness (QED) is 0.357. The highest BCUT2D eigenvalue weighted by Gasteiger charge is 2.39. The molecule has 2 fully saturated rings. The third-order valence-electron chi connectivity index (χ3n) is 8.54. The molecule has 1 saturated carbocycles. The van der Waals surface area contributed by atoms with Crippen molar-refractivity contribution in [1.29, 1.82) is 0 Å². The lowest BCUT2D eigenvalue weighted by molar-refractivity contribution is -0.139. The minimum Gasteiger partial charge on any atom is -0.480 e. The van der Waals surface area contributed by atoms with Crippen LogP contribution in [0, 0.1) is 23.6 Å². The van der Waals surface area contributed by atoms with E-state index in [1.165, 1.54) is 36.8 Å². The van der Waals surface area contributed by atoms with Crippen LogP contribution in [0.5, 0.6) is 0 Å². The molecule has 4 nitrogen and oxygen atoms in total. The van der Waals surface area contributed by atoms with Gasteiger partial charge in [0.15, 0.2) is 0 Å². The molecule has 5 heteroatoms. The number of hydrogen-bond donors (Lipinski definition) is 1. The van der Waals surface area contributed by atoms with Crippen LogP contribution in [0.4, 0.5) is 4.39 Å². The van der Waals surface area contributed by atoms with Crippen LogP contribution >= 0.6 is 0 Å². The molecule has 3 atom stereocenters. The molecule has 0 aromatic heterocycles. The number of carboxylic acid groups (broad SMARTS) is 1. The first-order chi connectivity index (χ1) is 17.9. The van der Waals surface area contributed by atoms with Gasteiger partial charge >= 0.3 is 5.97 Å². The normalized spacial score (nSPS) is 23.2. The molecule has 202 valence electrons. The SMILES string of the molecule is CC(C)CN(CC(=O)O)C1CC(CN2CCC(CCCc3ccc(F)cc3)CC2)C(c2ccccc2)C1. The third-order valence-corrected chi connectivity index (χ3v) is 8.54. The minimum absolute atomic E-state index is 0.139. The lowest BCUT2D eigenvalue weighted by atomic mass is 9.87. The molecule has 37 heavy (non-hydrogen) atoms. The monoisotopic (exact) mass is 508 g/mol. The Balaban J connectivity index is 1.31. The maximum absolute atomic E-state index is 13.1. The first kappa shape index (κ1) is 27.8. The van der Waals surface area contributed by atoms with Crippen LogP contribution in [-0.2, 0) is 11.2 Å². The molecule has 0 spiro atoms. The van der Waals surface area contributed by atoms with Gasteiger partial charge in [0.05, 0.1) is 6.54 Å². The largest absolute Gasteiger partial charge is 0.480 e. The predicted molar refractivity (Wildman–Crippen MR) is 148 cm³/mol. The Labute approximate surface area is 222 Å². The average Bonchev–Trinajstić information content (AvgIpc) is 3.30. The number of benzene rings is 2. The Bertz CT molecular complexity index is 957. The number of carboxylic acids is 1. The van der Waals surface area contributed by atoms with Crippen LogP contribution in [-0.4, -0.2) is 59.6 Å². The number of hydrogen-bond acceptors (Lipinski definition) is 3. The zero-order valence-electron chi connectivity index (χ0n) is 22.7. The summed E-state index contributed by atoms with van der Waals surface area (Å²) in [7, 11) is 0. The van der Waals surface area contributed by atoms with E-state index in [0.717, 1.165) is 51.4 Å². The predicted octanol–water partition coefficient (Wildman–Crippen LogP) is 6.47. The Morgan fingerprint density at radius 3 is 2.41 bits per heavy atom. The van der Waals surface area contributed by atoms with E-state index in [9.17, 15) is 14.3 Å². The van der Waals surface area contributed by atoms with Crippen molar-refractivity contribution in [1.82, 2.24) is 9.80 Å². The molecular formula is C32H45FN2O2. The lowest BCUT2D eigenvalue weighted by Crippen LogP contribution is -2.41. The van der Waals surface area contributed by atoms with E-state index >= 15 is 0 Å². The van der Waals surface area contributed by atoms with Gasteiger partial charge < -0.3 is 10.0 Å². The van der Waals surface area contributed by atoms with Crippen LogP contribution < -0.4 is 0 Å². The third kappa shape index (κ3) is 8.38. The van der Waals surface area contributed by atoms with Crippen LogP contribution in [0.25, 0.3) is 0 Å². The highest BCUT2D eigenvalue weighted by molar-refractivity contribution is 5.69. The molecule has 2 aromatic carbocycles. The number of rotatable bonds is 12. The topological polar surface area (TPSA) is 43.8 Å². The van der Waals surface area contributed by atoms with Crippen molar-refractivity contribution in [2.45, 2.75) is 70.8 Å². The van der Waals surface area contributed by atoms with E-state index in [1.807, 2.05) is 12.1 Å². The van der Waals surface area contributed by atoms with E-state index in [1.54, 1.807) is 12.1 Å². The van der Waals surface area contributed by atoms with Gasteiger partial charge in [-0.3, -0.25) is 9.69 Å². The fourth-order valence-electron chi connectivity index (χ4n) is 6.72. The van der Waals surface area contributed by atoms with Gasteiger partial charge in [-0.2, -0.15) is 0 Å². The maximum Gasteiger partial charge on any atom is 0.317 e. The van der Waals surface area contributed by atoms with Crippen LogP contribution in [0.3, 0.4) is 0 Å². The van der Waals surface area contributed by atoms with Gasteiger partial charge in [0.25, 0.3) is 0 Å². The van der Waals surface area contributed by atoms with Crippen LogP contribution in [0.15, 0.2) is 54.6 Å². The summed E-state index contributed by atoms with van der Waals surface area (Å²) >= 11 is 0. The summed E-state index contributed by atoms with van der Waals surface area (Å²) < 4.78 is 13.1. The zero-order valence-corrected chi connectivity index (χ0v) is 22.7. The minimum atomic E-state index is -0.720. The highest BCUT2D eigenvalue weighted by atomic mass is 19.1. The molecule has 4 rings (SSSR count). The Hall–Kier alpha value is -2.24. The number of nitrogens with zero attached hydrogens (tertiary/aromatic N) is 2. The molecule has 0 amide bonds. The summed E-state index contributed by atoms with van der Waals surface area (Å²) in [5, 5.41) is 9.56. The maximum atomic E-state index is 13.1. The molecular weight excluding hydrogens is 463 g/mol. The summed E-state index contributed by atoms with van der Waals surface area (Å²) in [4.78, 5) is 16.5. The summed E-state index contributed by atoms with van der Waals surface area (Å²) in [5.41, 5.74) is 2.64. The second kappa shape index (κ2) is 13.5. The molecule has 0 radical (unpaired) electrons. The summed E-state index contributed by atoms with van der Waals surface area (Å²) in [6.45, 7) is 8.78. The van der Waals surface area contributed by atoms with E-state index < -0.39 is 5.97 Å². The molecule has 1 aliphatic carbocycles. The van der Waals surface area contributed by atoms with Crippen LogP contribution in [0.1, 0.15) is 69.4 Å². The second-order valence-corrected chi connectivity index (χ2v) is 11.9. The molecule has 3 unspecified atom stereocenters. The fraction of sp³-hybridized carbons (Fsp3) is 0.594. The fourth-order valence-corrected chi connectivity index (χ4v) is 6.72. The van der Waals surface area contributed by atoms with Crippen molar-refractivity contribution in [2.24, 2.45) is 17.8 Å². The molecule has 0 bridgehead atoms. The zero-order chi connectivity index (χ0) is 26.2. The van der Waals surface area contributed by atoms with E-state index in [0.29, 0.717) is 23.8 Å². The lowest BCUT2D eigenvalue weighted by Gasteiger charge is -2.35. The number of piperidine rings is 1. The number of carbonyl (C=O) groups is 1. The molecule has 1 aliphatic heterocycles. The van der Waals surface area contributed by atoms with Gasteiger partial charge in [-0.1, -0.05) is 62.7 Å². The summed E-state index contributed by atoms with van der Waals surface area (Å²) in [5.74, 6) is 1.41. The standard InChI is InChI=1S/C32H45FN2O2/c1-24(2)21-35(23-32(36)37)30-19-28(31(20-30)27-9-4-3-5-10-27)22-34-17-15-26(16-18-34)8-6-7-25-11-13-29(33)14-12-25/h3-5,9-14,24,26,28,30-31H,6-8,15-23H2,1-2H3,(H,36,37). The van der Waals surface area contributed by atoms with Gasteiger partial charge in [-0.05, 0) is 98.5 Å². The van der Waals surface area contributed by atoms with Gasteiger partial charge in [0.1, 0.15) is 5.82 Å². The molecule has 2 aromatic rings. The summed E-state index contributed by atoms with van der Waals surface area (Å²) in [6.07, 6.45) is 8.11. The molecule has 1 heterocycles. The van der Waals surface area contributed by atoms with E-state index in [-0.39, 0.29) is 12.4 Å². The first-order valence-electron chi connectivity index (χ1n) is 14.3. The van der Waals surface area contributed by atoms with E-state index in [2.05, 4.69) is 54.0 Å². The van der Waals surface area contributed by atoms with E-state index in [4.69, 9.17) is 0 Å². The smallest absolute Gasteiger partial charge is 0.317 e. The Kier molecular flexibility index (Phi) is 10.2. The van der Waals surface area contributed by atoms with Crippen molar-refractivity contribution in [3.8, 4) is 0 Å². The number of halogens is 1. The van der Waals surface area contributed by atoms with Crippen molar-refractivity contribution >= 4 is 5.97 Å². The van der Waals surface area contributed by atoms with Crippen molar-refractivity contribution in [3.63, 3.8) is 0 Å². The van der Waals surface area contributed by atoms with Crippen molar-refractivity contribution in [3.05, 3.63) is 71.5 Å². The first-order valence-corrected chi connectivity index (χ1v) is 14.3. The van der Waals surface area contributed by atoms with Crippen molar-refractivity contribution < 1.29 is 14.3 Å². The summed E-state index contributed by atoms with van der Waals surface area (Å²) in [6, 6.07) is 18.2. The van der Waals surface area contributed by atoms with Gasteiger partial charge in [0.2, 0.25) is 0 Å². The Morgan fingerprint density at radius 2 is 1.76 bits per heavy atom. The van der Waals surface area contributed by atoms with Gasteiger partial charge in [0, 0.05) is 19.1 Å². The number of aryl methyl sites for hydroxylation is 1. The number of aliphatic carboxylic acids is 1. The molecule has 2 aliphatic rings. The molecule has 1 N–H and O–H groups in total. The number of likely N-dealkylation sites (tertiary alicyclic amines) is 1. The van der Waals surface area contributed by atoms with Crippen molar-refractivity contribution in [2.75, 3.05) is 32.7 Å².